The number of aliphatic imine (C=N–C) groups is 1. The van der Waals surface area contributed by atoms with E-state index in [0.717, 1.165) is 70.8 Å². The predicted molar refractivity (Wildman–Crippen MR) is 115 cm³/mol. The Hall–Kier alpha value is -0.570. The van der Waals surface area contributed by atoms with Gasteiger partial charge in [-0.05, 0) is 39.5 Å². The molecular weight excluding hydrogens is 431 g/mol. The molecule has 0 radical (unpaired) electrons. The minimum absolute atomic E-state index is 0. The summed E-state index contributed by atoms with van der Waals surface area (Å²) in [7, 11) is 3.68. The van der Waals surface area contributed by atoms with Crippen molar-refractivity contribution in [1.29, 1.82) is 0 Å². The number of nitrogens with zero attached hydrogens (tertiary/aromatic N) is 2. The molecule has 0 atom stereocenters. The normalized spacial score (nSPS) is 16.2. The molecule has 148 valence electrons. The molecule has 7 heteroatoms. The molecule has 0 aromatic heterocycles. The number of hydrogen-bond acceptors (Lipinski definition) is 3. The van der Waals surface area contributed by atoms with Crippen LogP contribution in [0.2, 0.25) is 0 Å². The molecule has 0 aromatic rings. The van der Waals surface area contributed by atoms with Gasteiger partial charge in [0.15, 0.2) is 5.96 Å². The Morgan fingerprint density at radius 3 is 2.40 bits per heavy atom. The molecule has 0 aromatic carbocycles. The van der Waals surface area contributed by atoms with Crippen molar-refractivity contribution in [3.63, 3.8) is 0 Å². The molecule has 2 N–H and O–H groups in total. The van der Waals surface area contributed by atoms with E-state index in [0.29, 0.717) is 6.54 Å². The van der Waals surface area contributed by atoms with Gasteiger partial charge in [0.2, 0.25) is 5.91 Å². The lowest BCUT2D eigenvalue weighted by atomic mass is 9.85. The van der Waals surface area contributed by atoms with Gasteiger partial charge in [0.25, 0.3) is 0 Å². The van der Waals surface area contributed by atoms with Crippen LogP contribution in [0.15, 0.2) is 4.99 Å². The van der Waals surface area contributed by atoms with Gasteiger partial charge in [-0.15, -0.1) is 24.0 Å². The first-order chi connectivity index (χ1) is 11.6. The Morgan fingerprint density at radius 1 is 1.16 bits per heavy atom. The summed E-state index contributed by atoms with van der Waals surface area (Å²) in [6.07, 6.45) is 6.23. The predicted octanol–water partition coefficient (Wildman–Crippen LogP) is 2.62. The van der Waals surface area contributed by atoms with Crippen molar-refractivity contribution in [1.82, 2.24) is 15.5 Å². The summed E-state index contributed by atoms with van der Waals surface area (Å²) in [4.78, 5) is 19.0. The van der Waals surface area contributed by atoms with Gasteiger partial charge in [-0.25, -0.2) is 0 Å². The number of halogens is 1. The molecule has 1 amide bonds. The van der Waals surface area contributed by atoms with Crippen LogP contribution in [0.1, 0.15) is 52.4 Å². The van der Waals surface area contributed by atoms with E-state index >= 15 is 0 Å². The fourth-order valence-corrected chi connectivity index (χ4v) is 3.22. The second-order valence-electron chi connectivity index (χ2n) is 6.71. The van der Waals surface area contributed by atoms with Crippen LogP contribution in [-0.4, -0.2) is 63.7 Å². The number of rotatable bonds is 10. The van der Waals surface area contributed by atoms with E-state index in [9.17, 15) is 4.79 Å². The van der Waals surface area contributed by atoms with E-state index in [1.54, 1.807) is 4.90 Å². The maximum absolute atomic E-state index is 12.6. The zero-order valence-electron chi connectivity index (χ0n) is 16.4. The molecule has 0 saturated heterocycles. The van der Waals surface area contributed by atoms with E-state index < -0.39 is 0 Å². The summed E-state index contributed by atoms with van der Waals surface area (Å²) < 4.78 is 5.35. The molecule has 1 fully saturated rings. The lowest BCUT2D eigenvalue weighted by molar-refractivity contribution is -0.138. The third kappa shape index (κ3) is 8.57. The Kier molecular flexibility index (Phi) is 13.3. The molecule has 0 aliphatic heterocycles. The summed E-state index contributed by atoms with van der Waals surface area (Å²) in [5.41, 5.74) is -0.305. The molecule has 0 bridgehead atoms. The van der Waals surface area contributed by atoms with E-state index in [2.05, 4.69) is 17.6 Å². The molecule has 0 unspecified atom stereocenters. The number of amides is 1. The molecule has 0 heterocycles. The van der Waals surface area contributed by atoms with Crippen LogP contribution in [0.3, 0.4) is 0 Å². The zero-order chi connectivity index (χ0) is 17.8. The quantitative estimate of drug-likeness (QED) is 0.224. The van der Waals surface area contributed by atoms with E-state index in [1.165, 1.54) is 0 Å². The monoisotopic (exact) mass is 468 g/mol. The van der Waals surface area contributed by atoms with Crippen molar-refractivity contribution in [2.75, 3.05) is 46.9 Å². The molecule has 1 aliphatic carbocycles. The SMILES string of the molecule is CCNC(=NCC1(C(=O)N(C)C)CCCC1)NCCCCOCC.I. The minimum Gasteiger partial charge on any atom is -0.382 e. The van der Waals surface area contributed by atoms with Crippen molar-refractivity contribution in [3.8, 4) is 0 Å². The lowest BCUT2D eigenvalue weighted by Crippen LogP contribution is -2.43. The molecule has 1 aliphatic rings. The number of unbranched alkanes of at least 4 members (excludes halogenated alkanes) is 1. The van der Waals surface area contributed by atoms with Gasteiger partial charge in [-0.2, -0.15) is 0 Å². The summed E-state index contributed by atoms with van der Waals surface area (Å²) in [5.74, 6) is 1.03. The molecule has 0 spiro atoms. The Morgan fingerprint density at radius 2 is 1.84 bits per heavy atom. The highest BCUT2D eigenvalue weighted by molar-refractivity contribution is 14.0. The van der Waals surface area contributed by atoms with Crippen LogP contribution in [-0.2, 0) is 9.53 Å². The highest BCUT2D eigenvalue weighted by Gasteiger charge is 2.41. The molecule has 1 rings (SSSR count). The minimum atomic E-state index is -0.305. The zero-order valence-corrected chi connectivity index (χ0v) is 18.7. The van der Waals surface area contributed by atoms with Crippen LogP contribution in [0, 0.1) is 5.41 Å². The Labute approximate surface area is 170 Å². The summed E-state index contributed by atoms with van der Waals surface area (Å²) >= 11 is 0. The van der Waals surface area contributed by atoms with Crippen LogP contribution >= 0.6 is 24.0 Å². The van der Waals surface area contributed by atoms with Gasteiger partial charge in [0, 0.05) is 40.4 Å². The highest BCUT2D eigenvalue weighted by atomic mass is 127. The third-order valence-electron chi connectivity index (χ3n) is 4.52. The summed E-state index contributed by atoms with van der Waals surface area (Å²) in [5, 5.41) is 6.64. The number of carbonyl (C=O) groups is 1. The standard InChI is InChI=1S/C18H36N4O2.HI/c1-5-19-17(20-13-9-10-14-24-6-2)21-15-18(11-7-8-12-18)16(23)22(3)4;/h5-15H2,1-4H3,(H2,19,20,21);1H. The second-order valence-corrected chi connectivity index (χ2v) is 6.71. The number of ether oxygens (including phenoxy) is 1. The van der Waals surface area contributed by atoms with Crippen molar-refractivity contribution >= 4 is 35.8 Å². The number of nitrogens with one attached hydrogen (secondary N) is 2. The third-order valence-corrected chi connectivity index (χ3v) is 4.52. The topological polar surface area (TPSA) is 66.0 Å². The van der Waals surface area contributed by atoms with Crippen molar-refractivity contribution < 1.29 is 9.53 Å². The molecule has 1 saturated carbocycles. The van der Waals surface area contributed by atoms with Crippen LogP contribution in [0.5, 0.6) is 0 Å². The van der Waals surface area contributed by atoms with E-state index in [-0.39, 0.29) is 35.3 Å². The lowest BCUT2D eigenvalue weighted by Gasteiger charge is -2.29. The average molecular weight is 468 g/mol. The van der Waals surface area contributed by atoms with Gasteiger partial charge in [0.05, 0.1) is 12.0 Å². The van der Waals surface area contributed by atoms with Crippen LogP contribution in [0.4, 0.5) is 0 Å². The smallest absolute Gasteiger partial charge is 0.230 e. The van der Waals surface area contributed by atoms with Crippen molar-refractivity contribution in [2.24, 2.45) is 10.4 Å². The Balaban J connectivity index is 0.00000576. The van der Waals surface area contributed by atoms with Crippen molar-refractivity contribution in [3.05, 3.63) is 0 Å². The van der Waals surface area contributed by atoms with Crippen LogP contribution < -0.4 is 10.6 Å². The van der Waals surface area contributed by atoms with Crippen molar-refractivity contribution in [2.45, 2.75) is 52.4 Å². The van der Waals surface area contributed by atoms with Gasteiger partial charge in [0.1, 0.15) is 0 Å². The Bertz CT molecular complexity index is 397. The number of guanidine groups is 1. The van der Waals surface area contributed by atoms with Gasteiger partial charge >= 0.3 is 0 Å². The first kappa shape index (κ1) is 24.4. The maximum atomic E-state index is 12.6. The van der Waals surface area contributed by atoms with E-state index in [4.69, 9.17) is 9.73 Å². The second kappa shape index (κ2) is 13.6. The first-order valence-corrected chi connectivity index (χ1v) is 9.37. The average Bonchev–Trinajstić information content (AvgIpc) is 3.05. The molecule has 25 heavy (non-hydrogen) atoms. The fourth-order valence-electron chi connectivity index (χ4n) is 3.22. The highest BCUT2D eigenvalue weighted by Crippen LogP contribution is 2.39. The first-order valence-electron chi connectivity index (χ1n) is 9.37. The largest absolute Gasteiger partial charge is 0.382 e. The fraction of sp³-hybridized carbons (Fsp3) is 0.889. The van der Waals surface area contributed by atoms with E-state index in [1.807, 2.05) is 21.0 Å². The summed E-state index contributed by atoms with van der Waals surface area (Å²) in [6.45, 7) is 7.92. The summed E-state index contributed by atoms with van der Waals surface area (Å²) in [6, 6.07) is 0. The number of carbonyl (C=O) groups excluding carboxylic acids is 1. The molecular formula is C18H37IN4O2. The van der Waals surface area contributed by atoms with Gasteiger partial charge in [-0.1, -0.05) is 12.8 Å². The van der Waals surface area contributed by atoms with Gasteiger partial charge in [-0.3, -0.25) is 9.79 Å². The maximum Gasteiger partial charge on any atom is 0.230 e. The molecule has 6 nitrogen and oxygen atoms in total. The number of hydrogen-bond donors (Lipinski definition) is 2. The van der Waals surface area contributed by atoms with Gasteiger partial charge < -0.3 is 20.3 Å². The van der Waals surface area contributed by atoms with Crippen LogP contribution in [0.25, 0.3) is 0 Å².